The minimum Gasteiger partial charge on any atom is -0.491 e. The molecule has 1 unspecified atom stereocenters. The molecule has 3 rings (SSSR count). The van der Waals surface area contributed by atoms with Crippen molar-refractivity contribution in [1.82, 2.24) is 9.36 Å². The smallest absolute Gasteiger partial charge is 0.295 e. The van der Waals surface area contributed by atoms with Crippen molar-refractivity contribution >= 4 is 28.7 Å². The van der Waals surface area contributed by atoms with E-state index in [9.17, 15) is 4.79 Å². The lowest BCUT2D eigenvalue weighted by molar-refractivity contribution is 0.210. The van der Waals surface area contributed by atoms with E-state index in [-0.39, 0.29) is 11.7 Å². The maximum Gasteiger partial charge on any atom is 0.295 e. The Labute approximate surface area is 182 Å². The van der Waals surface area contributed by atoms with Crippen LogP contribution in [0.15, 0.2) is 59.4 Å². The number of para-hydroxylation sites is 1. The number of thiocarbonyl (C=S) groups is 1. The van der Waals surface area contributed by atoms with Gasteiger partial charge in [-0.2, -0.15) is 0 Å². The van der Waals surface area contributed by atoms with E-state index < -0.39 is 0 Å². The lowest BCUT2D eigenvalue weighted by atomic mass is 10.2. The molecule has 0 spiro atoms. The van der Waals surface area contributed by atoms with Gasteiger partial charge in [-0.3, -0.25) is 9.48 Å². The number of anilines is 2. The summed E-state index contributed by atoms with van der Waals surface area (Å²) in [6.07, 6.45) is 2.29. The molecule has 0 saturated heterocycles. The van der Waals surface area contributed by atoms with E-state index >= 15 is 0 Å². The summed E-state index contributed by atoms with van der Waals surface area (Å²) in [4.78, 5) is 13.0. The first-order chi connectivity index (χ1) is 14.4. The van der Waals surface area contributed by atoms with E-state index in [4.69, 9.17) is 17.0 Å². The first kappa shape index (κ1) is 21.6. The zero-order valence-corrected chi connectivity index (χ0v) is 18.6. The van der Waals surface area contributed by atoms with Crippen molar-refractivity contribution in [2.75, 3.05) is 10.6 Å². The van der Waals surface area contributed by atoms with E-state index in [1.807, 2.05) is 73.3 Å². The molecule has 7 heteroatoms. The van der Waals surface area contributed by atoms with Crippen molar-refractivity contribution < 1.29 is 4.74 Å². The second kappa shape index (κ2) is 9.63. The lowest BCUT2D eigenvalue weighted by Gasteiger charge is -2.14. The van der Waals surface area contributed by atoms with E-state index in [1.165, 1.54) is 0 Å². The Hall–Kier alpha value is -3.06. The van der Waals surface area contributed by atoms with Crippen molar-refractivity contribution in [3.05, 3.63) is 70.6 Å². The number of ether oxygens (including phenoxy) is 1. The highest BCUT2D eigenvalue weighted by molar-refractivity contribution is 7.80. The van der Waals surface area contributed by atoms with Crippen LogP contribution in [0.3, 0.4) is 0 Å². The normalized spacial score (nSPS) is 11.7. The fourth-order valence-corrected chi connectivity index (χ4v) is 3.52. The SMILES string of the molecule is CCCC(C)Oc1ccc(NC(=S)Nc2c(C)n(C)n(-c3ccccc3)c2=O)cc1. The molecule has 6 nitrogen and oxygen atoms in total. The van der Waals surface area contributed by atoms with Crippen molar-refractivity contribution in [2.24, 2.45) is 7.05 Å². The zero-order chi connectivity index (χ0) is 21.7. The molecule has 0 aliphatic heterocycles. The molecular formula is C23H28N4O2S. The molecular weight excluding hydrogens is 396 g/mol. The van der Waals surface area contributed by atoms with Gasteiger partial charge in [-0.25, -0.2) is 4.68 Å². The van der Waals surface area contributed by atoms with Crippen molar-refractivity contribution in [3.63, 3.8) is 0 Å². The lowest BCUT2D eigenvalue weighted by Crippen LogP contribution is -2.25. The molecule has 158 valence electrons. The van der Waals surface area contributed by atoms with Gasteiger partial charge < -0.3 is 15.4 Å². The Bertz CT molecular complexity index is 1060. The molecule has 2 N–H and O–H groups in total. The molecule has 1 aromatic heterocycles. The number of aromatic nitrogens is 2. The van der Waals surface area contributed by atoms with Gasteiger partial charge in [0, 0.05) is 12.7 Å². The van der Waals surface area contributed by atoms with E-state index in [0.29, 0.717) is 10.8 Å². The Morgan fingerprint density at radius 1 is 1.10 bits per heavy atom. The minimum absolute atomic E-state index is 0.154. The molecule has 30 heavy (non-hydrogen) atoms. The van der Waals surface area contributed by atoms with Crippen LogP contribution in [-0.4, -0.2) is 20.6 Å². The van der Waals surface area contributed by atoms with Crippen molar-refractivity contribution in [1.29, 1.82) is 0 Å². The van der Waals surface area contributed by atoms with E-state index in [2.05, 4.69) is 24.5 Å². The van der Waals surface area contributed by atoms with Gasteiger partial charge in [-0.05, 0) is 68.9 Å². The summed E-state index contributed by atoms with van der Waals surface area (Å²) in [5, 5.41) is 6.54. The van der Waals surface area contributed by atoms with E-state index in [1.54, 1.807) is 4.68 Å². The van der Waals surface area contributed by atoms with Crippen molar-refractivity contribution in [3.8, 4) is 11.4 Å². The molecule has 1 heterocycles. The predicted octanol–water partition coefficient (Wildman–Crippen LogP) is 4.86. The third-order valence-corrected chi connectivity index (χ3v) is 5.14. The summed E-state index contributed by atoms with van der Waals surface area (Å²) in [5.74, 6) is 0.824. The van der Waals surface area contributed by atoms with Crippen LogP contribution in [0.2, 0.25) is 0 Å². The summed E-state index contributed by atoms with van der Waals surface area (Å²) in [5.41, 5.74) is 2.71. The van der Waals surface area contributed by atoms with Crippen LogP contribution in [-0.2, 0) is 7.05 Å². The summed E-state index contributed by atoms with van der Waals surface area (Å²) in [6, 6.07) is 17.1. The van der Waals surface area contributed by atoms with Gasteiger partial charge in [-0.1, -0.05) is 31.5 Å². The molecule has 0 radical (unpaired) electrons. The van der Waals surface area contributed by atoms with Gasteiger partial charge in [0.05, 0.1) is 17.5 Å². The second-order valence-electron chi connectivity index (χ2n) is 7.26. The summed E-state index contributed by atoms with van der Waals surface area (Å²) < 4.78 is 9.30. The van der Waals surface area contributed by atoms with Crippen LogP contribution in [0.5, 0.6) is 5.75 Å². The number of hydrogen-bond acceptors (Lipinski definition) is 3. The molecule has 0 aliphatic carbocycles. The molecule has 1 atom stereocenters. The first-order valence-electron chi connectivity index (χ1n) is 10.1. The average molecular weight is 425 g/mol. The van der Waals surface area contributed by atoms with Gasteiger partial charge in [0.2, 0.25) is 0 Å². The monoisotopic (exact) mass is 424 g/mol. The summed E-state index contributed by atoms with van der Waals surface area (Å²) in [7, 11) is 1.85. The third-order valence-electron chi connectivity index (χ3n) is 4.94. The fourth-order valence-electron chi connectivity index (χ4n) is 3.30. The van der Waals surface area contributed by atoms with Gasteiger partial charge in [0.15, 0.2) is 5.11 Å². The third kappa shape index (κ3) is 4.91. The first-order valence-corrected chi connectivity index (χ1v) is 10.5. The van der Waals surface area contributed by atoms with Gasteiger partial charge in [0.1, 0.15) is 11.4 Å². The highest BCUT2D eigenvalue weighted by atomic mass is 32.1. The van der Waals surface area contributed by atoms with Crippen LogP contribution >= 0.6 is 12.2 Å². The van der Waals surface area contributed by atoms with Crippen LogP contribution in [0.4, 0.5) is 11.4 Å². The standard InChI is InChI=1S/C23H28N4O2S/c1-5-9-16(2)29-20-14-12-18(13-15-20)24-23(30)25-21-17(3)26(4)27(22(21)28)19-10-7-6-8-11-19/h6-8,10-16H,5,9H2,1-4H3,(H2,24,25,30). The molecule has 0 fully saturated rings. The largest absolute Gasteiger partial charge is 0.491 e. The number of nitrogens with zero attached hydrogens (tertiary/aromatic N) is 2. The topological polar surface area (TPSA) is 60.2 Å². The van der Waals surface area contributed by atoms with Crippen LogP contribution in [0, 0.1) is 6.92 Å². The highest BCUT2D eigenvalue weighted by Crippen LogP contribution is 2.19. The molecule has 3 aromatic rings. The molecule has 0 bridgehead atoms. The van der Waals surface area contributed by atoms with Gasteiger partial charge in [0.25, 0.3) is 5.56 Å². The predicted molar refractivity (Wildman–Crippen MR) is 127 cm³/mol. The molecule has 2 aromatic carbocycles. The van der Waals surface area contributed by atoms with Crippen LogP contribution in [0.1, 0.15) is 32.4 Å². The number of rotatable bonds is 7. The van der Waals surface area contributed by atoms with Crippen molar-refractivity contribution in [2.45, 2.75) is 39.7 Å². The van der Waals surface area contributed by atoms with Gasteiger partial charge >= 0.3 is 0 Å². The number of benzene rings is 2. The fraction of sp³-hybridized carbons (Fsp3) is 0.304. The second-order valence-corrected chi connectivity index (χ2v) is 7.67. The van der Waals surface area contributed by atoms with Crippen LogP contribution in [0.25, 0.3) is 5.69 Å². The van der Waals surface area contributed by atoms with E-state index in [0.717, 1.165) is 35.7 Å². The maximum absolute atomic E-state index is 13.0. The Morgan fingerprint density at radius 3 is 2.40 bits per heavy atom. The number of nitrogens with one attached hydrogen (secondary N) is 2. The summed E-state index contributed by atoms with van der Waals surface area (Å²) in [6.45, 7) is 6.10. The van der Waals surface area contributed by atoms with Gasteiger partial charge in [-0.15, -0.1) is 0 Å². The Kier molecular flexibility index (Phi) is 6.95. The van der Waals surface area contributed by atoms with Crippen LogP contribution < -0.4 is 20.9 Å². The highest BCUT2D eigenvalue weighted by Gasteiger charge is 2.17. The molecule has 0 saturated carbocycles. The molecule has 0 amide bonds. The zero-order valence-electron chi connectivity index (χ0n) is 17.8. The Balaban J connectivity index is 1.70. The average Bonchev–Trinajstić information content (AvgIpc) is 2.93. The quantitative estimate of drug-likeness (QED) is 0.531. The maximum atomic E-state index is 13.0. The summed E-state index contributed by atoms with van der Waals surface area (Å²) >= 11 is 5.43. The Morgan fingerprint density at radius 2 is 1.77 bits per heavy atom. The number of hydrogen-bond donors (Lipinski definition) is 2. The minimum atomic E-state index is -0.154. The molecule has 0 aliphatic rings.